The Morgan fingerprint density at radius 1 is 0.650 bits per heavy atom. The van der Waals surface area contributed by atoms with Crippen molar-refractivity contribution in [3.8, 4) is 11.1 Å². The molecule has 0 spiro atoms. The molecule has 0 N–H and O–H groups in total. The third kappa shape index (κ3) is 2.17. The van der Waals surface area contributed by atoms with Crippen molar-refractivity contribution in [2.45, 2.75) is 0 Å². The Hall–Kier alpha value is -1.59. The molecule has 0 fully saturated rings. The van der Waals surface area contributed by atoms with Crippen molar-refractivity contribution >= 4 is 21.5 Å². The monoisotopic (exact) mass is 331 g/mol. The molecule has 0 aromatic heterocycles. The van der Waals surface area contributed by atoms with E-state index in [0.717, 1.165) is 0 Å². The first kappa shape index (κ1) is 13.4. The molecule has 4 rings (SSSR count). The summed E-state index contributed by atoms with van der Waals surface area (Å²) in [6.45, 7) is 0. The fourth-order valence-corrected chi connectivity index (χ4v) is 2.78. The second-order valence-electron chi connectivity index (χ2n) is 4.90. The first-order valence-corrected chi connectivity index (χ1v) is 6.55. The minimum absolute atomic E-state index is 0. The molecule has 0 aliphatic heterocycles. The molecule has 1 heteroatoms. The van der Waals surface area contributed by atoms with Crippen LogP contribution in [-0.4, -0.2) is 0 Å². The Labute approximate surface area is 137 Å². The number of rotatable bonds is 1. The van der Waals surface area contributed by atoms with Crippen molar-refractivity contribution in [2.24, 2.45) is 0 Å². The zero-order chi connectivity index (χ0) is 12.7. The van der Waals surface area contributed by atoms with Gasteiger partial charge in [0.2, 0.25) is 0 Å². The Morgan fingerprint density at radius 3 is 2.20 bits per heavy atom. The van der Waals surface area contributed by atoms with Gasteiger partial charge in [0.05, 0.1) is 0 Å². The second kappa shape index (κ2) is 5.42. The summed E-state index contributed by atoms with van der Waals surface area (Å²) in [6.07, 6.45) is 0. The van der Waals surface area contributed by atoms with Crippen molar-refractivity contribution in [1.29, 1.82) is 0 Å². The fraction of sp³-hybridized carbons (Fsp3) is 0. The second-order valence-corrected chi connectivity index (χ2v) is 4.90. The van der Waals surface area contributed by atoms with Crippen LogP contribution in [0.15, 0.2) is 78.9 Å². The average molecular weight is 333 g/mol. The van der Waals surface area contributed by atoms with Gasteiger partial charge in [0, 0.05) is 26.2 Å². The Kier molecular flexibility index (Phi) is 3.63. The summed E-state index contributed by atoms with van der Waals surface area (Å²) in [6, 6.07) is 28.1. The van der Waals surface area contributed by atoms with Gasteiger partial charge in [0.1, 0.15) is 0 Å². The van der Waals surface area contributed by atoms with Crippen LogP contribution in [0, 0.1) is 0 Å². The molecule has 0 atom stereocenters. The third-order valence-corrected chi connectivity index (χ3v) is 3.72. The van der Waals surface area contributed by atoms with Crippen molar-refractivity contribution in [1.82, 2.24) is 0 Å². The molecule has 4 aromatic carbocycles. The summed E-state index contributed by atoms with van der Waals surface area (Å²) in [4.78, 5) is 0. The summed E-state index contributed by atoms with van der Waals surface area (Å²) >= 11 is 0. The van der Waals surface area contributed by atoms with Crippen LogP contribution in [0.3, 0.4) is 0 Å². The van der Waals surface area contributed by atoms with Gasteiger partial charge >= 0.3 is 0 Å². The van der Waals surface area contributed by atoms with Crippen molar-refractivity contribution < 1.29 is 26.2 Å². The molecule has 0 heterocycles. The van der Waals surface area contributed by atoms with Gasteiger partial charge < -0.3 is 0 Å². The number of fused-ring (bicyclic) bond motifs is 2. The molecule has 0 radical (unpaired) electrons. The first-order chi connectivity index (χ1) is 9.42. The average Bonchev–Trinajstić information content (AvgIpc) is 2.90. The normalized spacial score (nSPS) is 10.6. The maximum absolute atomic E-state index is 2.27. The molecule has 0 saturated carbocycles. The number of hydrogen-bond donors (Lipinski definition) is 0. The van der Waals surface area contributed by atoms with Crippen molar-refractivity contribution in [3.63, 3.8) is 0 Å². The van der Waals surface area contributed by atoms with Crippen LogP contribution in [-0.2, 0) is 26.2 Å². The molecular weight excluding hydrogens is 319 g/mol. The first-order valence-electron chi connectivity index (χ1n) is 6.55. The van der Waals surface area contributed by atoms with Gasteiger partial charge in [0.15, 0.2) is 0 Å². The van der Waals surface area contributed by atoms with Crippen LogP contribution in [0.4, 0.5) is 0 Å². The standard InChI is InChI=1S/C19H13.Zr/c1-2-8-16-13-17(12-15(16)7-1)19-11-5-9-14-6-3-4-10-18(14)19;/h1-13H;/q-1;. The Morgan fingerprint density at radius 2 is 1.35 bits per heavy atom. The molecule has 0 saturated heterocycles. The molecule has 0 aliphatic rings. The Bertz CT molecular complexity index is 833. The topological polar surface area (TPSA) is 0 Å². The van der Waals surface area contributed by atoms with E-state index in [9.17, 15) is 0 Å². The van der Waals surface area contributed by atoms with Crippen LogP contribution >= 0.6 is 0 Å². The molecule has 0 amide bonds. The summed E-state index contributed by atoms with van der Waals surface area (Å²) < 4.78 is 0. The van der Waals surface area contributed by atoms with Crippen LogP contribution in [0.5, 0.6) is 0 Å². The molecular formula is C19H13Zr-. The van der Waals surface area contributed by atoms with Gasteiger partial charge in [-0.25, -0.2) is 0 Å². The van der Waals surface area contributed by atoms with Crippen LogP contribution in [0.25, 0.3) is 32.7 Å². The Balaban J connectivity index is 0.00000121. The van der Waals surface area contributed by atoms with E-state index in [2.05, 4.69) is 78.9 Å². The van der Waals surface area contributed by atoms with Crippen LogP contribution in [0.2, 0.25) is 0 Å². The van der Waals surface area contributed by atoms with Gasteiger partial charge in [-0.1, -0.05) is 66.2 Å². The van der Waals surface area contributed by atoms with E-state index in [1.54, 1.807) is 0 Å². The fourth-order valence-electron chi connectivity index (χ4n) is 2.78. The molecule has 0 aliphatic carbocycles. The predicted octanol–water partition coefficient (Wildman–Crippen LogP) is 5.38. The van der Waals surface area contributed by atoms with Gasteiger partial charge in [-0.15, -0.1) is 34.5 Å². The van der Waals surface area contributed by atoms with E-state index >= 15 is 0 Å². The predicted molar refractivity (Wildman–Crippen MR) is 82.5 cm³/mol. The molecule has 0 unspecified atom stereocenters. The minimum atomic E-state index is 0. The summed E-state index contributed by atoms with van der Waals surface area (Å²) in [5, 5.41) is 5.24. The maximum Gasteiger partial charge on any atom is 0 e. The molecule has 94 valence electrons. The van der Waals surface area contributed by atoms with E-state index in [0.29, 0.717) is 0 Å². The van der Waals surface area contributed by atoms with Crippen LogP contribution in [0.1, 0.15) is 0 Å². The molecule has 0 bridgehead atoms. The van der Waals surface area contributed by atoms with Gasteiger partial charge in [-0.3, -0.25) is 0 Å². The maximum atomic E-state index is 2.27. The summed E-state index contributed by atoms with van der Waals surface area (Å²) in [5.41, 5.74) is 2.62. The zero-order valence-corrected chi connectivity index (χ0v) is 13.5. The summed E-state index contributed by atoms with van der Waals surface area (Å²) in [5.74, 6) is 0. The zero-order valence-electron chi connectivity index (χ0n) is 11.0. The molecule has 0 nitrogen and oxygen atoms in total. The van der Waals surface area contributed by atoms with Gasteiger partial charge in [-0.2, -0.15) is 0 Å². The van der Waals surface area contributed by atoms with Crippen molar-refractivity contribution in [2.75, 3.05) is 0 Å². The minimum Gasteiger partial charge on any atom is -0.145 e. The third-order valence-electron chi connectivity index (χ3n) is 3.72. The van der Waals surface area contributed by atoms with E-state index in [1.165, 1.54) is 32.7 Å². The van der Waals surface area contributed by atoms with E-state index in [4.69, 9.17) is 0 Å². The summed E-state index contributed by atoms with van der Waals surface area (Å²) in [7, 11) is 0. The SMILES string of the molecule is [Zr].c1ccc2[cH-]c(-c3cccc4ccccc34)cc2c1. The van der Waals surface area contributed by atoms with Gasteiger partial charge in [0.25, 0.3) is 0 Å². The van der Waals surface area contributed by atoms with Gasteiger partial charge in [-0.05, 0) is 10.8 Å². The smallest absolute Gasteiger partial charge is 0 e. The van der Waals surface area contributed by atoms with Crippen molar-refractivity contribution in [3.05, 3.63) is 78.9 Å². The quantitative estimate of drug-likeness (QED) is 0.411. The van der Waals surface area contributed by atoms with E-state index in [-0.39, 0.29) is 26.2 Å². The molecule has 20 heavy (non-hydrogen) atoms. The molecule has 4 aromatic rings. The van der Waals surface area contributed by atoms with Crippen LogP contribution < -0.4 is 0 Å². The van der Waals surface area contributed by atoms with E-state index < -0.39 is 0 Å². The number of hydrogen-bond acceptors (Lipinski definition) is 0. The number of benzene rings is 3. The largest absolute Gasteiger partial charge is 0.145 e. The van der Waals surface area contributed by atoms with E-state index in [1.807, 2.05) is 0 Å².